The van der Waals surface area contributed by atoms with Crippen LogP contribution in [0.3, 0.4) is 0 Å². The Labute approximate surface area is 121 Å². The molecule has 3 heteroatoms. The molecule has 0 heterocycles. The molecule has 0 aliphatic carbocycles. The number of carbonyl (C=O) groups is 1. The van der Waals surface area contributed by atoms with Crippen LogP contribution in [-0.2, 0) is 4.74 Å². The molecule has 1 aromatic rings. The lowest BCUT2D eigenvalue weighted by Crippen LogP contribution is -2.32. The molecule has 1 amide bonds. The van der Waals surface area contributed by atoms with Crippen LogP contribution in [0.1, 0.15) is 33.3 Å². The number of benzene rings is 1. The van der Waals surface area contributed by atoms with E-state index in [1.165, 1.54) is 0 Å². The predicted molar refractivity (Wildman–Crippen MR) is 83.3 cm³/mol. The summed E-state index contributed by atoms with van der Waals surface area (Å²) in [6.07, 6.45) is -0.337. The Bertz CT molecular complexity index is 499. The standard InChI is InChI=1S/C17H23NO2/c1-6-20-17(19)18(12-13(2)3)16(14(4)5)15-10-8-7-9-11-15/h7-11H,2,6,12H2,1,3-5H3. The van der Waals surface area contributed by atoms with Crippen molar-refractivity contribution < 1.29 is 9.53 Å². The molecule has 0 saturated carbocycles. The Morgan fingerprint density at radius 2 is 1.80 bits per heavy atom. The Kier molecular flexibility index (Phi) is 6.04. The van der Waals surface area contributed by atoms with E-state index in [1.807, 2.05) is 58.0 Å². The lowest BCUT2D eigenvalue weighted by atomic mass is 10.1. The Hall–Kier alpha value is -2.03. The number of nitrogens with zero attached hydrogens (tertiary/aromatic N) is 1. The van der Waals surface area contributed by atoms with Gasteiger partial charge in [-0.05, 0) is 33.3 Å². The molecule has 0 bridgehead atoms. The molecule has 0 atom stereocenters. The highest BCUT2D eigenvalue weighted by molar-refractivity contribution is 5.83. The van der Waals surface area contributed by atoms with E-state index >= 15 is 0 Å². The van der Waals surface area contributed by atoms with Crippen LogP contribution in [0.25, 0.3) is 5.70 Å². The van der Waals surface area contributed by atoms with Crippen molar-refractivity contribution in [2.75, 3.05) is 13.2 Å². The average Bonchev–Trinajstić information content (AvgIpc) is 2.38. The second kappa shape index (κ2) is 7.53. The fourth-order valence-electron chi connectivity index (χ4n) is 2.02. The second-order valence-corrected chi connectivity index (χ2v) is 4.96. The highest BCUT2D eigenvalue weighted by Gasteiger charge is 2.21. The summed E-state index contributed by atoms with van der Waals surface area (Å²) in [4.78, 5) is 13.9. The third-order valence-corrected chi connectivity index (χ3v) is 2.71. The molecule has 0 aliphatic rings. The molecular weight excluding hydrogens is 250 g/mol. The van der Waals surface area contributed by atoms with Crippen molar-refractivity contribution in [3.05, 3.63) is 53.6 Å². The highest BCUT2D eigenvalue weighted by Crippen LogP contribution is 2.24. The minimum atomic E-state index is -0.337. The van der Waals surface area contributed by atoms with Gasteiger partial charge in [0.2, 0.25) is 0 Å². The van der Waals surface area contributed by atoms with E-state index in [-0.39, 0.29) is 6.09 Å². The molecule has 0 spiro atoms. The van der Waals surface area contributed by atoms with Crippen LogP contribution in [0.5, 0.6) is 0 Å². The zero-order chi connectivity index (χ0) is 15.1. The molecule has 108 valence electrons. The van der Waals surface area contributed by atoms with Crippen molar-refractivity contribution in [1.29, 1.82) is 0 Å². The number of carbonyl (C=O) groups excluding carboxylic acids is 1. The molecule has 0 aliphatic heterocycles. The maximum atomic E-state index is 12.2. The van der Waals surface area contributed by atoms with Gasteiger partial charge in [-0.1, -0.05) is 48.1 Å². The summed E-state index contributed by atoms with van der Waals surface area (Å²) in [6.45, 7) is 12.4. The van der Waals surface area contributed by atoms with E-state index in [0.717, 1.165) is 22.4 Å². The first-order valence-electron chi connectivity index (χ1n) is 6.79. The monoisotopic (exact) mass is 273 g/mol. The van der Waals surface area contributed by atoms with Crippen molar-refractivity contribution in [3.8, 4) is 0 Å². The summed E-state index contributed by atoms with van der Waals surface area (Å²) in [5.41, 5.74) is 3.85. The van der Waals surface area contributed by atoms with Gasteiger partial charge in [-0.15, -0.1) is 0 Å². The van der Waals surface area contributed by atoms with Crippen LogP contribution in [0.2, 0.25) is 0 Å². The van der Waals surface area contributed by atoms with E-state index in [1.54, 1.807) is 4.90 Å². The summed E-state index contributed by atoms with van der Waals surface area (Å²) in [6, 6.07) is 9.87. The Morgan fingerprint density at radius 3 is 2.25 bits per heavy atom. The normalized spacial score (nSPS) is 9.80. The van der Waals surface area contributed by atoms with Gasteiger partial charge in [0.05, 0.1) is 12.3 Å². The smallest absolute Gasteiger partial charge is 0.414 e. The molecule has 0 radical (unpaired) electrons. The number of allylic oxidation sites excluding steroid dienone is 1. The number of amides is 1. The lowest BCUT2D eigenvalue weighted by molar-refractivity contribution is 0.127. The van der Waals surface area contributed by atoms with Crippen molar-refractivity contribution in [2.45, 2.75) is 27.7 Å². The van der Waals surface area contributed by atoms with E-state index in [9.17, 15) is 4.79 Å². The van der Waals surface area contributed by atoms with Crippen LogP contribution < -0.4 is 0 Å². The van der Waals surface area contributed by atoms with Gasteiger partial charge >= 0.3 is 6.09 Å². The van der Waals surface area contributed by atoms with Crippen molar-refractivity contribution >= 4 is 11.8 Å². The topological polar surface area (TPSA) is 29.5 Å². The fraction of sp³-hybridized carbons (Fsp3) is 0.353. The van der Waals surface area contributed by atoms with Crippen LogP contribution in [-0.4, -0.2) is 24.1 Å². The maximum absolute atomic E-state index is 12.2. The quantitative estimate of drug-likeness (QED) is 0.741. The zero-order valence-electron chi connectivity index (χ0n) is 12.8. The molecule has 0 unspecified atom stereocenters. The van der Waals surface area contributed by atoms with Crippen LogP contribution in [0.4, 0.5) is 4.79 Å². The first kappa shape index (κ1) is 16.0. The zero-order valence-corrected chi connectivity index (χ0v) is 12.8. The first-order chi connectivity index (χ1) is 9.47. The van der Waals surface area contributed by atoms with Gasteiger partial charge in [-0.25, -0.2) is 4.79 Å². The van der Waals surface area contributed by atoms with Gasteiger partial charge < -0.3 is 4.74 Å². The van der Waals surface area contributed by atoms with E-state index < -0.39 is 0 Å². The third-order valence-electron chi connectivity index (χ3n) is 2.71. The Balaban J connectivity index is 3.23. The predicted octanol–water partition coefficient (Wildman–Crippen LogP) is 4.47. The minimum absolute atomic E-state index is 0.337. The molecule has 1 rings (SSSR count). The summed E-state index contributed by atoms with van der Waals surface area (Å²) in [7, 11) is 0. The molecule has 0 saturated heterocycles. The highest BCUT2D eigenvalue weighted by atomic mass is 16.6. The average molecular weight is 273 g/mol. The minimum Gasteiger partial charge on any atom is -0.449 e. The molecule has 20 heavy (non-hydrogen) atoms. The van der Waals surface area contributed by atoms with Gasteiger partial charge in [-0.3, -0.25) is 4.90 Å². The van der Waals surface area contributed by atoms with Gasteiger partial charge in [0.25, 0.3) is 0 Å². The van der Waals surface area contributed by atoms with E-state index in [0.29, 0.717) is 13.2 Å². The number of rotatable bonds is 5. The molecule has 3 nitrogen and oxygen atoms in total. The van der Waals surface area contributed by atoms with Crippen molar-refractivity contribution in [3.63, 3.8) is 0 Å². The summed E-state index contributed by atoms with van der Waals surface area (Å²) < 4.78 is 5.17. The van der Waals surface area contributed by atoms with Crippen LogP contribution in [0, 0.1) is 0 Å². The summed E-state index contributed by atoms with van der Waals surface area (Å²) in [5, 5.41) is 0. The number of hydrogen-bond donors (Lipinski definition) is 0. The SMILES string of the molecule is C=C(C)CN(C(=O)OCC)C(=C(C)C)c1ccccc1. The second-order valence-electron chi connectivity index (χ2n) is 4.96. The first-order valence-corrected chi connectivity index (χ1v) is 6.79. The lowest BCUT2D eigenvalue weighted by Gasteiger charge is -2.26. The molecule has 1 aromatic carbocycles. The van der Waals surface area contributed by atoms with Gasteiger partial charge in [0.1, 0.15) is 0 Å². The number of hydrogen-bond acceptors (Lipinski definition) is 2. The van der Waals surface area contributed by atoms with Gasteiger partial charge in [0, 0.05) is 6.54 Å². The molecule has 0 aromatic heterocycles. The van der Waals surface area contributed by atoms with Gasteiger partial charge in [-0.2, -0.15) is 0 Å². The van der Waals surface area contributed by atoms with Crippen molar-refractivity contribution in [1.82, 2.24) is 4.90 Å². The maximum Gasteiger partial charge on any atom is 0.414 e. The summed E-state index contributed by atoms with van der Waals surface area (Å²) >= 11 is 0. The Morgan fingerprint density at radius 1 is 1.20 bits per heavy atom. The number of ether oxygens (including phenoxy) is 1. The largest absolute Gasteiger partial charge is 0.449 e. The molecule has 0 N–H and O–H groups in total. The summed E-state index contributed by atoms with van der Waals surface area (Å²) in [5.74, 6) is 0. The molecular formula is C17H23NO2. The van der Waals surface area contributed by atoms with E-state index in [2.05, 4.69) is 6.58 Å². The molecule has 0 fully saturated rings. The van der Waals surface area contributed by atoms with Gasteiger partial charge in [0.15, 0.2) is 0 Å². The van der Waals surface area contributed by atoms with Crippen molar-refractivity contribution in [2.24, 2.45) is 0 Å². The third kappa shape index (κ3) is 4.26. The van der Waals surface area contributed by atoms with Crippen LogP contribution in [0.15, 0.2) is 48.1 Å². The van der Waals surface area contributed by atoms with Crippen LogP contribution >= 0.6 is 0 Å². The van der Waals surface area contributed by atoms with E-state index in [4.69, 9.17) is 4.74 Å². The fourth-order valence-corrected chi connectivity index (χ4v) is 2.02.